The van der Waals surface area contributed by atoms with Crippen molar-refractivity contribution < 1.29 is 5.11 Å². The van der Waals surface area contributed by atoms with Crippen LogP contribution < -0.4 is 16.8 Å². The molecule has 4 aliphatic rings. The van der Waals surface area contributed by atoms with E-state index in [-0.39, 0.29) is 11.6 Å². The van der Waals surface area contributed by atoms with E-state index < -0.39 is 6.10 Å². The van der Waals surface area contributed by atoms with Crippen LogP contribution in [0.4, 0.5) is 0 Å². The Morgan fingerprint density at radius 2 is 1.62 bits per heavy atom. The van der Waals surface area contributed by atoms with Gasteiger partial charge in [0.2, 0.25) is 0 Å². The molecule has 4 nitrogen and oxygen atoms in total. The molecule has 4 saturated carbocycles. The summed E-state index contributed by atoms with van der Waals surface area (Å²) in [5.41, 5.74) is 17.9. The van der Waals surface area contributed by atoms with Crippen molar-refractivity contribution in [2.45, 2.75) is 179 Å². The number of allylic oxidation sites excluding steroid dienone is 2. The molecule has 4 aliphatic carbocycles. The predicted molar refractivity (Wildman–Crippen MR) is 193 cm³/mol. The number of nitrogens with two attached hydrogens (primary N) is 2. The molecule has 3 unspecified atom stereocenters. The molecular weight excluding hydrogens is 550 g/mol. The molecule has 4 fully saturated rings. The quantitative estimate of drug-likeness (QED) is 0.144. The molecule has 0 aromatic heterocycles. The van der Waals surface area contributed by atoms with Gasteiger partial charge in [-0.1, -0.05) is 87.3 Å². The highest BCUT2D eigenvalue weighted by Crippen LogP contribution is 2.81. The van der Waals surface area contributed by atoms with E-state index in [2.05, 4.69) is 94.5 Å². The van der Waals surface area contributed by atoms with E-state index in [1.807, 2.05) is 6.92 Å². The average molecular weight is 626 g/mol. The standard InChI is InChI=1S/C41H75N3O/c1-14-16-29(45)34(42)28(5)35(43)44-33-20-22-38(10)31(37(33,8)9)18-23-39(11)32(38)25-27(4)41(13)30(19-24-40(39,41)12)36(6,7)21-15-17-26(2)3/h17,27,29-33,35,44-45H,14-16,18-25,42-43H2,1-13H3/b34-28-/t27-,29-,30?,31?,32?,33+,35+,38+,39-,40+,41-/m1/s1. The van der Waals surface area contributed by atoms with Gasteiger partial charge in [-0.25, -0.2) is 0 Å². The first kappa shape index (κ1) is 37.0. The topological polar surface area (TPSA) is 84.3 Å². The molecule has 0 amide bonds. The summed E-state index contributed by atoms with van der Waals surface area (Å²) in [6.07, 6.45) is 14.8. The molecule has 0 bridgehead atoms. The molecule has 0 aromatic carbocycles. The zero-order chi connectivity index (χ0) is 34.0. The van der Waals surface area contributed by atoms with E-state index in [0.717, 1.165) is 36.2 Å². The van der Waals surface area contributed by atoms with Crippen LogP contribution in [0.1, 0.15) is 161 Å². The fraction of sp³-hybridized carbons (Fsp3) is 0.902. The molecule has 6 N–H and O–H groups in total. The number of hydrogen-bond acceptors (Lipinski definition) is 4. The van der Waals surface area contributed by atoms with Gasteiger partial charge < -0.3 is 16.6 Å². The fourth-order valence-electron chi connectivity index (χ4n) is 13.1. The molecular formula is C41H75N3O. The molecule has 0 saturated heterocycles. The second-order valence-corrected chi connectivity index (χ2v) is 19.2. The van der Waals surface area contributed by atoms with Crippen LogP contribution in [-0.2, 0) is 0 Å². The van der Waals surface area contributed by atoms with Gasteiger partial charge in [-0.3, -0.25) is 5.32 Å². The number of hydrogen-bond donors (Lipinski definition) is 4. The Balaban J connectivity index is 1.61. The van der Waals surface area contributed by atoms with Crippen LogP contribution in [-0.4, -0.2) is 23.4 Å². The Hall–Kier alpha value is -0.840. The van der Waals surface area contributed by atoms with Gasteiger partial charge in [0.05, 0.1) is 12.3 Å². The first-order valence-electron chi connectivity index (χ1n) is 18.9. The summed E-state index contributed by atoms with van der Waals surface area (Å²) >= 11 is 0. The maximum absolute atomic E-state index is 10.5. The zero-order valence-corrected chi connectivity index (χ0v) is 32.0. The van der Waals surface area contributed by atoms with Gasteiger partial charge in [0.25, 0.3) is 0 Å². The lowest BCUT2D eigenvalue weighted by Gasteiger charge is -2.74. The second-order valence-electron chi connectivity index (χ2n) is 19.2. The van der Waals surface area contributed by atoms with Crippen LogP contribution in [0, 0.1) is 56.2 Å². The zero-order valence-electron chi connectivity index (χ0n) is 32.0. The highest BCUT2D eigenvalue weighted by Gasteiger charge is 2.74. The summed E-state index contributed by atoms with van der Waals surface area (Å²) in [4.78, 5) is 0. The number of aliphatic hydroxyl groups excluding tert-OH is 1. The number of rotatable bonds is 10. The largest absolute Gasteiger partial charge is 0.400 e. The minimum absolute atomic E-state index is 0.124. The molecule has 0 aromatic rings. The highest BCUT2D eigenvalue weighted by molar-refractivity contribution is 5.24. The molecule has 4 rings (SSSR count). The van der Waals surface area contributed by atoms with Crippen LogP contribution in [0.25, 0.3) is 0 Å². The van der Waals surface area contributed by atoms with Gasteiger partial charge in [0.15, 0.2) is 0 Å². The van der Waals surface area contributed by atoms with Gasteiger partial charge in [0, 0.05) is 11.7 Å². The second kappa shape index (κ2) is 12.6. The lowest BCUT2D eigenvalue weighted by atomic mass is 9.31. The Kier molecular flexibility index (Phi) is 10.3. The third-order valence-electron chi connectivity index (χ3n) is 16.3. The molecule has 0 spiro atoms. The summed E-state index contributed by atoms with van der Waals surface area (Å²) in [5, 5.41) is 14.4. The molecule has 4 heteroatoms. The van der Waals surface area contributed by atoms with Crippen molar-refractivity contribution in [3.8, 4) is 0 Å². The maximum Gasteiger partial charge on any atom is 0.0932 e. The van der Waals surface area contributed by atoms with E-state index >= 15 is 0 Å². The third kappa shape index (κ3) is 5.71. The Morgan fingerprint density at radius 1 is 0.978 bits per heavy atom. The van der Waals surface area contributed by atoms with Crippen molar-refractivity contribution in [2.75, 3.05) is 0 Å². The highest BCUT2D eigenvalue weighted by atomic mass is 16.3. The van der Waals surface area contributed by atoms with Crippen molar-refractivity contribution in [3.63, 3.8) is 0 Å². The van der Waals surface area contributed by atoms with Crippen LogP contribution >= 0.6 is 0 Å². The smallest absolute Gasteiger partial charge is 0.0932 e. The number of aliphatic hydroxyl groups is 1. The monoisotopic (exact) mass is 626 g/mol. The summed E-state index contributed by atoms with van der Waals surface area (Å²) in [6.45, 7) is 32.4. The molecule has 45 heavy (non-hydrogen) atoms. The van der Waals surface area contributed by atoms with E-state index in [0.29, 0.717) is 51.2 Å². The van der Waals surface area contributed by atoms with E-state index in [1.54, 1.807) is 0 Å². The summed E-state index contributed by atoms with van der Waals surface area (Å²) in [6, 6.07) is 0.334. The van der Waals surface area contributed by atoms with Crippen molar-refractivity contribution in [3.05, 3.63) is 22.9 Å². The van der Waals surface area contributed by atoms with E-state index in [1.165, 1.54) is 56.9 Å². The third-order valence-corrected chi connectivity index (χ3v) is 16.3. The summed E-state index contributed by atoms with van der Waals surface area (Å²) < 4.78 is 0. The minimum Gasteiger partial charge on any atom is -0.400 e. The lowest BCUT2D eigenvalue weighted by molar-refractivity contribution is -0.251. The normalized spacial score (nSPS) is 43.0. The van der Waals surface area contributed by atoms with Gasteiger partial charge in [0.1, 0.15) is 0 Å². The Labute approximate surface area is 279 Å². The fourth-order valence-corrected chi connectivity index (χ4v) is 13.1. The lowest BCUT2D eigenvalue weighted by Crippen LogP contribution is -2.69. The summed E-state index contributed by atoms with van der Waals surface area (Å²) in [5.74, 6) is 2.91. The molecule has 260 valence electrons. The minimum atomic E-state index is -0.611. The van der Waals surface area contributed by atoms with Crippen molar-refractivity contribution in [2.24, 2.45) is 67.6 Å². The van der Waals surface area contributed by atoms with Gasteiger partial charge in [-0.15, -0.1) is 0 Å². The summed E-state index contributed by atoms with van der Waals surface area (Å²) in [7, 11) is 0. The van der Waals surface area contributed by atoms with Crippen LogP contribution in [0.15, 0.2) is 22.9 Å². The Bertz CT molecular complexity index is 1130. The van der Waals surface area contributed by atoms with Crippen molar-refractivity contribution in [1.82, 2.24) is 5.32 Å². The first-order chi connectivity index (χ1) is 20.6. The number of nitrogens with one attached hydrogen (secondary N) is 1. The number of fused-ring (bicyclic) bond motifs is 5. The molecule has 0 radical (unpaired) electrons. The van der Waals surface area contributed by atoms with Crippen LogP contribution in [0.3, 0.4) is 0 Å². The van der Waals surface area contributed by atoms with Gasteiger partial charge >= 0.3 is 0 Å². The molecule has 0 heterocycles. The maximum atomic E-state index is 10.5. The van der Waals surface area contributed by atoms with E-state index in [9.17, 15) is 5.11 Å². The van der Waals surface area contributed by atoms with Gasteiger partial charge in [-0.2, -0.15) is 0 Å². The molecule has 0 aliphatic heterocycles. The van der Waals surface area contributed by atoms with Crippen LogP contribution in [0.2, 0.25) is 0 Å². The van der Waals surface area contributed by atoms with Crippen molar-refractivity contribution in [1.29, 1.82) is 0 Å². The van der Waals surface area contributed by atoms with Crippen LogP contribution in [0.5, 0.6) is 0 Å². The Morgan fingerprint density at radius 3 is 2.22 bits per heavy atom. The molecule has 11 atom stereocenters. The predicted octanol–water partition coefficient (Wildman–Crippen LogP) is 9.72. The SMILES string of the molecule is CCC[C@@H](O)/C(N)=C(\C)[C@@H](N)N[C@H]1CC[C@@]2(C)C(CC[C@]3(C)C2C[C@@H](C)[C@]2(C)C(C(C)(C)CCC=C(C)C)CC[C@]23C)C1(C)C. The van der Waals surface area contributed by atoms with Gasteiger partial charge in [-0.05, 0) is 147 Å². The van der Waals surface area contributed by atoms with E-state index in [4.69, 9.17) is 11.5 Å². The first-order valence-corrected chi connectivity index (χ1v) is 18.9. The average Bonchev–Trinajstić information content (AvgIpc) is 3.24. The van der Waals surface area contributed by atoms with Crippen molar-refractivity contribution >= 4 is 0 Å².